The van der Waals surface area contributed by atoms with E-state index in [1.165, 1.54) is 22.3 Å². The molecule has 0 saturated carbocycles. The minimum absolute atomic E-state index is 0.0238. The zero-order valence-corrected chi connectivity index (χ0v) is 19.1. The Kier molecular flexibility index (Phi) is 5.21. The van der Waals surface area contributed by atoms with E-state index in [1.54, 1.807) is 24.0 Å². The van der Waals surface area contributed by atoms with E-state index >= 15 is 0 Å². The zero-order valence-electron chi connectivity index (χ0n) is 19.1. The van der Waals surface area contributed by atoms with Gasteiger partial charge in [-0.1, -0.05) is 48.5 Å². The van der Waals surface area contributed by atoms with Crippen LogP contribution in [0.1, 0.15) is 40.4 Å². The van der Waals surface area contributed by atoms with Crippen molar-refractivity contribution in [2.75, 3.05) is 19.8 Å². The lowest BCUT2D eigenvalue weighted by molar-refractivity contribution is -0.0748. The maximum atomic E-state index is 13.3. The van der Waals surface area contributed by atoms with Crippen molar-refractivity contribution in [3.63, 3.8) is 0 Å². The highest BCUT2D eigenvalue weighted by molar-refractivity contribution is 5.96. The molecule has 1 aromatic heterocycles. The molecule has 0 N–H and O–H groups in total. The van der Waals surface area contributed by atoms with E-state index in [-0.39, 0.29) is 35.8 Å². The van der Waals surface area contributed by atoms with E-state index in [0.29, 0.717) is 38.4 Å². The minimum atomic E-state index is -0.316. The second-order valence-electron chi connectivity index (χ2n) is 9.46. The van der Waals surface area contributed by atoms with E-state index in [9.17, 15) is 9.59 Å². The highest BCUT2D eigenvalue weighted by Gasteiger charge is 2.45. The summed E-state index contributed by atoms with van der Waals surface area (Å²) in [5, 5.41) is 4.27. The predicted molar refractivity (Wildman–Crippen MR) is 126 cm³/mol. The number of nitrogens with zero attached hydrogens (tertiary/aromatic N) is 3. The van der Waals surface area contributed by atoms with Gasteiger partial charge in [-0.25, -0.2) is 4.79 Å². The number of aromatic nitrogens is 2. The molecule has 2 aliphatic heterocycles. The summed E-state index contributed by atoms with van der Waals surface area (Å²) in [6.45, 7) is 1.14. The third-order valence-corrected chi connectivity index (χ3v) is 7.40. The first kappa shape index (κ1) is 21.1. The van der Waals surface area contributed by atoms with Gasteiger partial charge in [-0.05, 0) is 41.2 Å². The van der Waals surface area contributed by atoms with Crippen LogP contribution in [0.2, 0.25) is 0 Å². The Morgan fingerprint density at radius 3 is 2.18 bits per heavy atom. The largest absolute Gasteiger partial charge is 0.448 e. The number of morpholine rings is 1. The van der Waals surface area contributed by atoms with E-state index in [1.807, 2.05) is 29.2 Å². The fourth-order valence-electron chi connectivity index (χ4n) is 5.85. The van der Waals surface area contributed by atoms with Gasteiger partial charge in [-0.3, -0.25) is 14.4 Å². The lowest BCUT2D eigenvalue weighted by Gasteiger charge is -2.47. The molecule has 3 aliphatic rings. The van der Waals surface area contributed by atoms with Crippen molar-refractivity contribution in [1.29, 1.82) is 0 Å². The van der Waals surface area contributed by atoms with E-state index in [2.05, 4.69) is 29.4 Å². The van der Waals surface area contributed by atoms with Gasteiger partial charge in [-0.15, -0.1) is 0 Å². The summed E-state index contributed by atoms with van der Waals surface area (Å²) in [5.74, 6) is -0.0909. The minimum Gasteiger partial charge on any atom is -0.448 e. The van der Waals surface area contributed by atoms with Gasteiger partial charge >= 0.3 is 6.09 Å². The van der Waals surface area contributed by atoms with Gasteiger partial charge < -0.3 is 9.47 Å². The van der Waals surface area contributed by atoms with Crippen LogP contribution in [-0.4, -0.2) is 58.5 Å². The normalized spacial score (nSPS) is 23.3. The monoisotopic (exact) mass is 457 g/mol. The lowest BCUT2D eigenvalue weighted by atomic mass is 9.82. The predicted octanol–water partition coefficient (Wildman–Crippen LogP) is 4.03. The average Bonchev–Trinajstić information content (AvgIpc) is 3.42. The molecule has 2 unspecified atom stereocenters. The van der Waals surface area contributed by atoms with Crippen molar-refractivity contribution < 1.29 is 19.1 Å². The second-order valence-corrected chi connectivity index (χ2v) is 9.46. The molecule has 2 aromatic carbocycles. The van der Waals surface area contributed by atoms with Crippen LogP contribution in [0.15, 0.2) is 60.8 Å². The molecule has 2 fully saturated rings. The molecule has 7 heteroatoms. The Balaban J connectivity index is 1.17. The van der Waals surface area contributed by atoms with Crippen LogP contribution in [0.4, 0.5) is 4.79 Å². The number of fused-ring (bicyclic) bond motifs is 5. The number of benzene rings is 2. The Bertz CT molecular complexity index is 1190. The summed E-state index contributed by atoms with van der Waals surface area (Å²) in [4.78, 5) is 28.1. The van der Waals surface area contributed by atoms with Crippen molar-refractivity contribution in [1.82, 2.24) is 14.7 Å². The number of carbonyl (C=O) groups excluding carboxylic acids is 2. The van der Waals surface area contributed by atoms with Gasteiger partial charge in [0, 0.05) is 25.1 Å². The van der Waals surface area contributed by atoms with Crippen molar-refractivity contribution in [3.8, 4) is 11.1 Å². The maximum Gasteiger partial charge on any atom is 0.410 e. The fourth-order valence-corrected chi connectivity index (χ4v) is 5.85. The smallest absolute Gasteiger partial charge is 0.410 e. The zero-order chi connectivity index (χ0) is 23.2. The average molecular weight is 458 g/mol. The van der Waals surface area contributed by atoms with Crippen molar-refractivity contribution >= 4 is 11.9 Å². The maximum absolute atomic E-state index is 13.3. The molecular weight excluding hydrogens is 430 g/mol. The molecule has 3 heterocycles. The van der Waals surface area contributed by atoms with Crippen LogP contribution in [0.25, 0.3) is 11.1 Å². The quantitative estimate of drug-likeness (QED) is 0.553. The Morgan fingerprint density at radius 1 is 0.971 bits per heavy atom. The van der Waals surface area contributed by atoms with Crippen LogP contribution in [0.3, 0.4) is 0 Å². The van der Waals surface area contributed by atoms with E-state index in [4.69, 9.17) is 9.47 Å². The SMILES string of the molecule is Cn1ccc(C(=O)C2CC3COCC(C2)N3C(=O)OCC2c3ccccc3-c3ccccc32)n1. The topological polar surface area (TPSA) is 73.7 Å². The number of aryl methyl sites for hydroxylation is 1. The van der Waals surface area contributed by atoms with E-state index in [0.717, 1.165) is 0 Å². The van der Waals surface area contributed by atoms with Gasteiger partial charge in [0.25, 0.3) is 0 Å². The third kappa shape index (κ3) is 3.51. The first-order valence-electron chi connectivity index (χ1n) is 11.8. The first-order chi connectivity index (χ1) is 16.6. The molecule has 0 spiro atoms. The molecule has 2 bridgehead atoms. The van der Waals surface area contributed by atoms with Gasteiger partial charge in [0.15, 0.2) is 5.78 Å². The summed E-state index contributed by atoms with van der Waals surface area (Å²) >= 11 is 0. The van der Waals surface area contributed by atoms with Gasteiger partial charge in [0.05, 0.1) is 25.3 Å². The lowest BCUT2D eigenvalue weighted by Crippen LogP contribution is -2.60. The van der Waals surface area contributed by atoms with Crippen molar-refractivity contribution in [2.24, 2.45) is 13.0 Å². The molecule has 34 heavy (non-hydrogen) atoms. The first-order valence-corrected chi connectivity index (χ1v) is 11.8. The standard InChI is InChI=1S/C27H27N3O4/c1-29-11-10-25(28-29)26(31)17-12-18-14-33-15-19(13-17)30(18)27(32)34-16-24-22-8-4-2-6-20(22)21-7-3-5-9-23(21)24/h2-11,17-19,24H,12-16H2,1H3. The number of ketones is 1. The molecule has 3 aromatic rings. The van der Waals surface area contributed by atoms with Crippen LogP contribution in [0.5, 0.6) is 0 Å². The molecule has 6 rings (SSSR count). The molecule has 7 nitrogen and oxygen atoms in total. The Labute approximate surface area is 198 Å². The van der Waals surface area contributed by atoms with Crippen LogP contribution in [-0.2, 0) is 16.5 Å². The highest BCUT2D eigenvalue weighted by Crippen LogP contribution is 2.44. The number of piperidine rings is 1. The van der Waals surface area contributed by atoms with Gasteiger partial charge in [0.2, 0.25) is 0 Å². The van der Waals surface area contributed by atoms with E-state index < -0.39 is 0 Å². The summed E-state index contributed by atoms with van der Waals surface area (Å²) < 4.78 is 13.3. The molecule has 1 aliphatic carbocycles. The Hall–Kier alpha value is -3.45. The van der Waals surface area contributed by atoms with Crippen LogP contribution < -0.4 is 0 Å². The summed E-state index contributed by atoms with van der Waals surface area (Å²) in [6.07, 6.45) is 2.60. The number of Topliss-reactive ketones (excluding diaryl/α,β-unsaturated/α-hetero) is 1. The molecule has 1 amide bonds. The fraction of sp³-hybridized carbons (Fsp3) is 0.370. The number of hydrogen-bond donors (Lipinski definition) is 0. The molecular formula is C27H27N3O4. The molecule has 174 valence electrons. The third-order valence-electron chi connectivity index (χ3n) is 7.40. The number of carbonyl (C=O) groups is 2. The van der Waals surface area contributed by atoms with Gasteiger partial charge in [0.1, 0.15) is 12.3 Å². The summed E-state index contributed by atoms with van der Waals surface area (Å²) in [6, 6.07) is 18.1. The summed E-state index contributed by atoms with van der Waals surface area (Å²) in [5.41, 5.74) is 5.29. The number of ether oxygens (including phenoxy) is 2. The number of hydrogen-bond acceptors (Lipinski definition) is 5. The molecule has 0 radical (unpaired) electrons. The number of amides is 1. The van der Waals surface area contributed by atoms with Crippen LogP contribution >= 0.6 is 0 Å². The molecule has 2 saturated heterocycles. The summed E-state index contributed by atoms with van der Waals surface area (Å²) in [7, 11) is 1.80. The Morgan fingerprint density at radius 2 is 1.59 bits per heavy atom. The van der Waals surface area contributed by atoms with Crippen molar-refractivity contribution in [2.45, 2.75) is 30.8 Å². The van der Waals surface area contributed by atoms with Crippen molar-refractivity contribution in [3.05, 3.63) is 77.6 Å². The highest BCUT2D eigenvalue weighted by atomic mass is 16.6. The van der Waals surface area contributed by atoms with Crippen LogP contribution in [0, 0.1) is 5.92 Å². The number of rotatable bonds is 4. The van der Waals surface area contributed by atoms with Gasteiger partial charge in [-0.2, -0.15) is 5.10 Å². The second kappa shape index (κ2) is 8.40. The molecule has 2 atom stereocenters.